The molecule has 5 heteroatoms. The zero-order valence-electron chi connectivity index (χ0n) is 11.9. The summed E-state index contributed by atoms with van der Waals surface area (Å²) in [7, 11) is 1.94. The molecule has 2 aromatic rings. The summed E-state index contributed by atoms with van der Waals surface area (Å²) in [4.78, 5) is 12.0. The Morgan fingerprint density at radius 1 is 1.40 bits per heavy atom. The van der Waals surface area contributed by atoms with Crippen molar-refractivity contribution in [2.45, 2.75) is 20.3 Å². The van der Waals surface area contributed by atoms with Gasteiger partial charge in [-0.1, -0.05) is 22.0 Å². The summed E-state index contributed by atoms with van der Waals surface area (Å²) in [6.07, 6.45) is 0.797. The van der Waals surface area contributed by atoms with Gasteiger partial charge in [0.05, 0.1) is 5.69 Å². The van der Waals surface area contributed by atoms with Crippen LogP contribution in [0.15, 0.2) is 28.7 Å². The Kier molecular flexibility index (Phi) is 4.60. The molecule has 0 saturated carbocycles. The van der Waals surface area contributed by atoms with Gasteiger partial charge >= 0.3 is 0 Å². The summed E-state index contributed by atoms with van der Waals surface area (Å²) >= 11 is 3.37. The van der Waals surface area contributed by atoms with Gasteiger partial charge in [-0.05, 0) is 44.0 Å². The van der Waals surface area contributed by atoms with E-state index in [1.165, 1.54) is 5.56 Å². The lowest BCUT2D eigenvalue weighted by Crippen LogP contribution is -2.25. The van der Waals surface area contributed by atoms with Crippen molar-refractivity contribution in [3.8, 4) is 0 Å². The number of rotatable bonds is 4. The van der Waals surface area contributed by atoms with Gasteiger partial charge in [-0.25, -0.2) is 0 Å². The highest BCUT2D eigenvalue weighted by molar-refractivity contribution is 9.10. The molecule has 1 heterocycles. The number of benzene rings is 1. The average Bonchev–Trinajstić information content (AvgIpc) is 2.65. The Morgan fingerprint density at radius 2 is 2.15 bits per heavy atom. The van der Waals surface area contributed by atoms with Gasteiger partial charge in [-0.3, -0.25) is 9.48 Å². The highest BCUT2D eigenvalue weighted by Crippen LogP contribution is 2.13. The van der Waals surface area contributed by atoms with Crippen LogP contribution in [0.1, 0.15) is 27.3 Å². The number of carbonyl (C=O) groups excluding carboxylic acids is 1. The minimum Gasteiger partial charge on any atom is -0.352 e. The molecule has 20 heavy (non-hydrogen) atoms. The maximum Gasteiger partial charge on any atom is 0.251 e. The molecule has 0 aliphatic heterocycles. The number of aromatic nitrogens is 2. The van der Waals surface area contributed by atoms with Gasteiger partial charge in [0, 0.05) is 29.3 Å². The fourth-order valence-corrected chi connectivity index (χ4v) is 2.61. The minimum atomic E-state index is -0.0505. The van der Waals surface area contributed by atoms with Crippen molar-refractivity contribution < 1.29 is 4.79 Å². The molecule has 106 valence electrons. The van der Waals surface area contributed by atoms with Gasteiger partial charge in [0.1, 0.15) is 0 Å². The fraction of sp³-hybridized carbons (Fsp3) is 0.333. The molecule has 0 aliphatic carbocycles. The topological polar surface area (TPSA) is 46.9 Å². The van der Waals surface area contributed by atoms with E-state index in [2.05, 4.69) is 26.3 Å². The zero-order valence-corrected chi connectivity index (χ0v) is 13.5. The molecular weight excluding hydrogens is 318 g/mol. The number of carbonyl (C=O) groups is 1. The van der Waals surface area contributed by atoms with E-state index in [-0.39, 0.29) is 5.91 Å². The number of hydrogen-bond donors (Lipinski definition) is 1. The first-order chi connectivity index (χ1) is 9.49. The van der Waals surface area contributed by atoms with Gasteiger partial charge in [0.2, 0.25) is 0 Å². The van der Waals surface area contributed by atoms with Crippen molar-refractivity contribution in [1.82, 2.24) is 15.1 Å². The first-order valence-electron chi connectivity index (χ1n) is 6.52. The van der Waals surface area contributed by atoms with E-state index in [0.29, 0.717) is 12.1 Å². The normalized spacial score (nSPS) is 10.6. The SMILES string of the molecule is Cc1nn(C)c(C)c1CCNC(=O)c1cccc(Br)c1. The fourth-order valence-electron chi connectivity index (χ4n) is 2.21. The summed E-state index contributed by atoms with van der Waals surface area (Å²) in [6, 6.07) is 7.38. The Morgan fingerprint density at radius 3 is 2.75 bits per heavy atom. The van der Waals surface area contributed by atoms with E-state index in [1.807, 2.05) is 43.8 Å². The van der Waals surface area contributed by atoms with Gasteiger partial charge in [-0.15, -0.1) is 0 Å². The standard InChI is InChI=1S/C15H18BrN3O/c1-10-14(11(2)19(3)18-10)7-8-17-15(20)12-5-4-6-13(16)9-12/h4-6,9H,7-8H2,1-3H3,(H,17,20). The van der Waals surface area contributed by atoms with Crippen LogP contribution in [0.3, 0.4) is 0 Å². The molecular formula is C15H18BrN3O. The van der Waals surface area contributed by atoms with Crippen molar-refractivity contribution in [2.24, 2.45) is 7.05 Å². The minimum absolute atomic E-state index is 0.0505. The molecule has 1 amide bonds. The van der Waals surface area contributed by atoms with Crippen LogP contribution in [-0.2, 0) is 13.5 Å². The van der Waals surface area contributed by atoms with Crippen LogP contribution in [0.25, 0.3) is 0 Å². The highest BCUT2D eigenvalue weighted by atomic mass is 79.9. The summed E-state index contributed by atoms with van der Waals surface area (Å²) in [6.45, 7) is 4.66. The molecule has 4 nitrogen and oxygen atoms in total. The van der Waals surface area contributed by atoms with Crippen LogP contribution in [0.5, 0.6) is 0 Å². The van der Waals surface area contributed by atoms with Gasteiger partial charge in [-0.2, -0.15) is 5.10 Å². The molecule has 1 aromatic heterocycles. The van der Waals surface area contributed by atoms with Gasteiger partial charge in [0.25, 0.3) is 5.91 Å². The number of nitrogens with one attached hydrogen (secondary N) is 1. The predicted octanol–water partition coefficient (Wildman–Crippen LogP) is 2.77. The van der Waals surface area contributed by atoms with E-state index in [1.54, 1.807) is 6.07 Å². The van der Waals surface area contributed by atoms with Crippen molar-refractivity contribution in [3.05, 3.63) is 51.3 Å². The Bertz CT molecular complexity index is 634. The Labute approximate surface area is 127 Å². The summed E-state index contributed by atoms with van der Waals surface area (Å²) in [5, 5.41) is 7.32. The molecule has 0 fully saturated rings. The van der Waals surface area contributed by atoms with E-state index in [4.69, 9.17) is 0 Å². The van der Waals surface area contributed by atoms with Crippen LogP contribution in [0, 0.1) is 13.8 Å². The second-order valence-corrected chi connectivity index (χ2v) is 5.70. The van der Waals surface area contributed by atoms with Crippen LogP contribution >= 0.6 is 15.9 Å². The van der Waals surface area contributed by atoms with E-state index in [0.717, 1.165) is 22.3 Å². The maximum atomic E-state index is 12.0. The van der Waals surface area contributed by atoms with E-state index >= 15 is 0 Å². The highest BCUT2D eigenvalue weighted by Gasteiger charge is 2.10. The molecule has 0 unspecified atom stereocenters. The van der Waals surface area contributed by atoms with Crippen LogP contribution in [0.4, 0.5) is 0 Å². The van der Waals surface area contributed by atoms with Gasteiger partial charge in [0.15, 0.2) is 0 Å². The second-order valence-electron chi connectivity index (χ2n) is 4.79. The third kappa shape index (κ3) is 3.28. The van der Waals surface area contributed by atoms with E-state index in [9.17, 15) is 4.79 Å². The van der Waals surface area contributed by atoms with E-state index < -0.39 is 0 Å². The third-order valence-corrected chi connectivity index (χ3v) is 3.90. The number of hydrogen-bond acceptors (Lipinski definition) is 2. The molecule has 2 rings (SSSR count). The Balaban J connectivity index is 1.94. The molecule has 1 N–H and O–H groups in total. The molecule has 0 bridgehead atoms. The predicted molar refractivity (Wildman–Crippen MR) is 82.9 cm³/mol. The molecule has 0 atom stereocenters. The second kappa shape index (κ2) is 6.22. The quantitative estimate of drug-likeness (QED) is 0.933. The molecule has 0 radical (unpaired) electrons. The summed E-state index contributed by atoms with van der Waals surface area (Å²) < 4.78 is 2.78. The number of aryl methyl sites for hydroxylation is 2. The van der Waals surface area contributed by atoms with Gasteiger partial charge < -0.3 is 5.32 Å². The maximum absolute atomic E-state index is 12.0. The first kappa shape index (κ1) is 14.8. The zero-order chi connectivity index (χ0) is 14.7. The van der Waals surface area contributed by atoms with Crippen LogP contribution in [-0.4, -0.2) is 22.2 Å². The summed E-state index contributed by atoms with van der Waals surface area (Å²) in [5.41, 5.74) is 4.06. The average molecular weight is 336 g/mol. The lowest BCUT2D eigenvalue weighted by molar-refractivity contribution is 0.0954. The lowest BCUT2D eigenvalue weighted by atomic mass is 10.1. The first-order valence-corrected chi connectivity index (χ1v) is 7.31. The molecule has 0 saturated heterocycles. The van der Waals surface area contributed by atoms with Crippen LogP contribution < -0.4 is 5.32 Å². The van der Waals surface area contributed by atoms with Crippen molar-refractivity contribution in [2.75, 3.05) is 6.54 Å². The molecule has 0 spiro atoms. The van der Waals surface area contributed by atoms with Crippen LogP contribution in [0.2, 0.25) is 0 Å². The number of amides is 1. The van der Waals surface area contributed by atoms with Crippen molar-refractivity contribution in [1.29, 1.82) is 0 Å². The monoisotopic (exact) mass is 335 g/mol. The van der Waals surface area contributed by atoms with Crippen molar-refractivity contribution >= 4 is 21.8 Å². The smallest absolute Gasteiger partial charge is 0.251 e. The number of nitrogens with zero attached hydrogens (tertiary/aromatic N) is 2. The lowest BCUT2D eigenvalue weighted by Gasteiger charge is -2.06. The summed E-state index contributed by atoms with van der Waals surface area (Å²) in [5.74, 6) is -0.0505. The molecule has 1 aromatic carbocycles. The third-order valence-electron chi connectivity index (χ3n) is 3.41. The largest absolute Gasteiger partial charge is 0.352 e. The van der Waals surface area contributed by atoms with Crippen molar-refractivity contribution in [3.63, 3.8) is 0 Å². The Hall–Kier alpha value is -1.62. The number of halogens is 1. The molecule has 0 aliphatic rings.